The van der Waals surface area contributed by atoms with Crippen molar-refractivity contribution in [2.75, 3.05) is 0 Å². The molecule has 19 heavy (non-hydrogen) atoms. The van der Waals surface area contributed by atoms with Crippen molar-refractivity contribution in [3.8, 4) is 11.5 Å². The fourth-order valence-electron chi connectivity index (χ4n) is 1.24. The van der Waals surface area contributed by atoms with E-state index in [0.29, 0.717) is 0 Å². The van der Waals surface area contributed by atoms with Crippen molar-refractivity contribution < 1.29 is 45.0 Å². The normalized spacial score (nSPS) is 12.9. The number of hydrogen-bond acceptors (Lipinski definition) is 2. The fraction of sp³-hybridized carbons (Fsp3) is 0.333. The van der Waals surface area contributed by atoms with E-state index in [-0.39, 0.29) is 12.1 Å². The Balaban J connectivity index is 3.48. The van der Waals surface area contributed by atoms with Gasteiger partial charge in [-0.05, 0) is 12.1 Å². The molecule has 0 radical (unpaired) electrons. The monoisotopic (exact) mass is 296 g/mol. The van der Waals surface area contributed by atoms with Gasteiger partial charge in [0.2, 0.25) is 0 Å². The topological polar surface area (TPSA) is 29.5 Å². The second-order valence-electron chi connectivity index (χ2n) is 3.24. The number of phenols is 1. The number of halogens is 8. The maximum Gasteiger partial charge on any atom is 0.423 e. The Bertz CT molecular complexity index is 463. The van der Waals surface area contributed by atoms with E-state index in [1.165, 1.54) is 0 Å². The van der Waals surface area contributed by atoms with Crippen molar-refractivity contribution in [2.45, 2.75) is 19.0 Å². The molecule has 0 aliphatic rings. The SMILES string of the molecule is Oc1cc(C(F)(F)F)cc(OC(F)F)c1C(F)(F)F. The lowest BCUT2D eigenvalue weighted by Crippen LogP contribution is -2.14. The first-order valence-electron chi connectivity index (χ1n) is 4.39. The minimum atomic E-state index is -5.35. The van der Waals surface area contributed by atoms with E-state index in [9.17, 15) is 35.1 Å². The van der Waals surface area contributed by atoms with Crippen LogP contribution in [0.25, 0.3) is 0 Å². The Kier molecular flexibility index (Phi) is 3.82. The zero-order valence-corrected chi connectivity index (χ0v) is 8.61. The lowest BCUT2D eigenvalue weighted by atomic mass is 10.1. The molecule has 10 heteroatoms. The molecule has 0 spiro atoms. The quantitative estimate of drug-likeness (QED) is 0.835. The molecule has 0 aliphatic carbocycles. The third kappa shape index (κ3) is 3.61. The van der Waals surface area contributed by atoms with Crippen LogP contribution in [0.15, 0.2) is 12.1 Å². The molecule has 1 aromatic rings. The van der Waals surface area contributed by atoms with Crippen LogP contribution in [-0.4, -0.2) is 11.7 Å². The molecule has 0 atom stereocenters. The van der Waals surface area contributed by atoms with Gasteiger partial charge in [-0.15, -0.1) is 0 Å². The molecule has 0 unspecified atom stereocenters. The summed E-state index contributed by atoms with van der Waals surface area (Å²) in [6, 6.07) is -0.476. The molecular weight excluding hydrogens is 292 g/mol. The minimum absolute atomic E-state index is 0.221. The molecule has 0 heterocycles. The summed E-state index contributed by atoms with van der Waals surface area (Å²) in [4.78, 5) is 0. The zero-order valence-electron chi connectivity index (χ0n) is 8.61. The molecule has 2 nitrogen and oxygen atoms in total. The van der Waals surface area contributed by atoms with E-state index in [0.717, 1.165) is 0 Å². The molecular formula is C9H4F8O2. The summed E-state index contributed by atoms with van der Waals surface area (Å²) in [5, 5.41) is 8.94. The summed E-state index contributed by atoms with van der Waals surface area (Å²) in [6.45, 7) is -3.77. The Morgan fingerprint density at radius 3 is 1.84 bits per heavy atom. The summed E-state index contributed by atoms with van der Waals surface area (Å²) >= 11 is 0. The second-order valence-corrected chi connectivity index (χ2v) is 3.24. The van der Waals surface area contributed by atoms with Crippen LogP contribution < -0.4 is 4.74 Å². The molecule has 0 fully saturated rings. The Hall–Kier alpha value is -1.74. The van der Waals surface area contributed by atoms with Gasteiger partial charge in [0.25, 0.3) is 0 Å². The number of rotatable bonds is 2. The van der Waals surface area contributed by atoms with Gasteiger partial charge in [-0.25, -0.2) is 0 Å². The van der Waals surface area contributed by atoms with Crippen LogP contribution in [0, 0.1) is 0 Å². The highest BCUT2D eigenvalue weighted by molar-refractivity contribution is 5.49. The van der Waals surface area contributed by atoms with E-state index in [2.05, 4.69) is 4.74 Å². The van der Waals surface area contributed by atoms with Crippen molar-refractivity contribution >= 4 is 0 Å². The zero-order chi connectivity index (χ0) is 15.0. The first-order chi connectivity index (χ1) is 8.43. The van der Waals surface area contributed by atoms with Gasteiger partial charge in [-0.3, -0.25) is 0 Å². The molecule has 1 N–H and O–H groups in total. The highest BCUT2D eigenvalue weighted by Gasteiger charge is 2.41. The van der Waals surface area contributed by atoms with E-state index in [4.69, 9.17) is 5.11 Å². The summed E-state index contributed by atoms with van der Waals surface area (Å²) in [5.74, 6) is -3.65. The first kappa shape index (κ1) is 15.3. The van der Waals surface area contributed by atoms with Gasteiger partial charge in [0.05, 0.1) is 5.56 Å². The average Bonchev–Trinajstić information content (AvgIpc) is 2.11. The molecule has 1 aromatic carbocycles. The fourth-order valence-corrected chi connectivity index (χ4v) is 1.24. The van der Waals surface area contributed by atoms with Crippen LogP contribution in [-0.2, 0) is 12.4 Å². The molecule has 0 bridgehead atoms. The van der Waals surface area contributed by atoms with Crippen molar-refractivity contribution in [1.29, 1.82) is 0 Å². The standard InChI is InChI=1S/C9H4F8O2/c10-7(11)19-5-2-3(8(12,13)14)1-4(18)6(5)9(15,16)17/h1-2,7,18H. The molecule has 108 valence electrons. The number of benzene rings is 1. The Morgan fingerprint density at radius 1 is 0.947 bits per heavy atom. The summed E-state index contributed by atoms with van der Waals surface area (Å²) in [7, 11) is 0. The van der Waals surface area contributed by atoms with Crippen molar-refractivity contribution in [1.82, 2.24) is 0 Å². The number of hydrogen-bond donors (Lipinski definition) is 1. The number of aromatic hydroxyl groups is 1. The van der Waals surface area contributed by atoms with Gasteiger partial charge in [-0.1, -0.05) is 0 Å². The van der Waals surface area contributed by atoms with Gasteiger partial charge in [0.15, 0.2) is 0 Å². The lowest BCUT2D eigenvalue weighted by molar-refractivity contribution is -0.146. The van der Waals surface area contributed by atoms with Gasteiger partial charge >= 0.3 is 19.0 Å². The van der Waals surface area contributed by atoms with Crippen LogP contribution in [0.1, 0.15) is 11.1 Å². The van der Waals surface area contributed by atoms with Crippen LogP contribution in [0.4, 0.5) is 35.1 Å². The summed E-state index contributed by atoms with van der Waals surface area (Å²) < 4.78 is 101. The lowest BCUT2D eigenvalue weighted by Gasteiger charge is -2.17. The smallest absolute Gasteiger partial charge is 0.423 e. The Morgan fingerprint density at radius 2 is 1.47 bits per heavy atom. The van der Waals surface area contributed by atoms with Crippen LogP contribution >= 0.6 is 0 Å². The first-order valence-corrected chi connectivity index (χ1v) is 4.39. The van der Waals surface area contributed by atoms with Gasteiger partial charge in [0, 0.05) is 0 Å². The summed E-state index contributed by atoms with van der Waals surface area (Å²) in [6.07, 6.45) is -10.5. The largest absolute Gasteiger partial charge is 0.507 e. The highest BCUT2D eigenvalue weighted by Crippen LogP contribution is 2.45. The van der Waals surface area contributed by atoms with Gasteiger partial charge in [0.1, 0.15) is 17.1 Å². The number of phenolic OH excluding ortho intramolecular Hbond substituents is 1. The van der Waals surface area contributed by atoms with Crippen LogP contribution in [0.3, 0.4) is 0 Å². The van der Waals surface area contributed by atoms with E-state index in [1.54, 1.807) is 0 Å². The van der Waals surface area contributed by atoms with Crippen molar-refractivity contribution in [2.24, 2.45) is 0 Å². The number of ether oxygens (including phenoxy) is 1. The molecule has 0 amide bonds. The molecule has 0 aromatic heterocycles. The minimum Gasteiger partial charge on any atom is -0.507 e. The molecule has 1 rings (SSSR count). The van der Waals surface area contributed by atoms with E-state index in [1.807, 2.05) is 0 Å². The van der Waals surface area contributed by atoms with Crippen molar-refractivity contribution in [3.05, 3.63) is 23.3 Å². The van der Waals surface area contributed by atoms with E-state index < -0.39 is 41.6 Å². The van der Waals surface area contributed by atoms with Gasteiger partial charge in [-0.2, -0.15) is 35.1 Å². The maximum absolute atomic E-state index is 12.4. The number of alkyl halides is 8. The van der Waals surface area contributed by atoms with Crippen LogP contribution in [0.5, 0.6) is 11.5 Å². The second kappa shape index (κ2) is 4.74. The predicted octanol–water partition coefficient (Wildman–Crippen LogP) is 4.03. The van der Waals surface area contributed by atoms with E-state index >= 15 is 0 Å². The van der Waals surface area contributed by atoms with Crippen LogP contribution in [0.2, 0.25) is 0 Å². The molecule has 0 aliphatic heterocycles. The average molecular weight is 296 g/mol. The molecule has 0 saturated carbocycles. The maximum atomic E-state index is 12.4. The molecule has 0 saturated heterocycles. The predicted molar refractivity (Wildman–Crippen MR) is 44.7 cm³/mol. The van der Waals surface area contributed by atoms with Crippen molar-refractivity contribution in [3.63, 3.8) is 0 Å². The Labute approximate surface area is 99.8 Å². The highest BCUT2D eigenvalue weighted by atomic mass is 19.4. The van der Waals surface area contributed by atoms with Gasteiger partial charge < -0.3 is 9.84 Å². The summed E-state index contributed by atoms with van der Waals surface area (Å²) in [5.41, 5.74) is -3.84. The third-order valence-corrected chi connectivity index (χ3v) is 1.91. The third-order valence-electron chi connectivity index (χ3n) is 1.91.